The first kappa shape index (κ1) is 34.4. The number of anilines is 2. The van der Waals surface area contributed by atoms with E-state index in [0.29, 0.717) is 31.7 Å². The molecule has 4 N–H and O–H groups in total. The fraction of sp³-hybridized carbons (Fsp3) is 0.432. The van der Waals surface area contributed by atoms with Crippen molar-refractivity contribution in [2.24, 2.45) is 5.92 Å². The van der Waals surface area contributed by atoms with Gasteiger partial charge in [0.1, 0.15) is 12.1 Å². The van der Waals surface area contributed by atoms with Crippen LogP contribution in [0.25, 0.3) is 0 Å². The lowest BCUT2D eigenvalue weighted by molar-refractivity contribution is -0.276. The minimum Gasteiger partial charge on any atom is -0.465 e. The van der Waals surface area contributed by atoms with E-state index in [2.05, 4.69) is 44.8 Å². The predicted octanol–water partition coefficient (Wildman–Crippen LogP) is 4.08. The Morgan fingerprint density at radius 2 is 1.76 bits per heavy atom. The Kier molecular flexibility index (Phi) is 10.8. The number of benzene rings is 3. The van der Waals surface area contributed by atoms with Crippen molar-refractivity contribution in [2.75, 3.05) is 49.7 Å². The fourth-order valence-electron chi connectivity index (χ4n) is 7.02. The molecule has 3 aromatic carbocycles. The highest BCUT2D eigenvalue weighted by Crippen LogP contribution is 2.43. The van der Waals surface area contributed by atoms with Crippen LogP contribution >= 0.6 is 0 Å². The molecule has 0 unspecified atom stereocenters. The van der Waals surface area contributed by atoms with Crippen molar-refractivity contribution in [3.8, 4) is 0 Å². The van der Waals surface area contributed by atoms with Gasteiger partial charge in [-0.3, -0.25) is 9.59 Å². The van der Waals surface area contributed by atoms with Crippen molar-refractivity contribution in [2.45, 2.75) is 57.3 Å². The summed E-state index contributed by atoms with van der Waals surface area (Å²) in [7, 11) is 0. The van der Waals surface area contributed by atoms with E-state index in [1.807, 2.05) is 54.6 Å². The van der Waals surface area contributed by atoms with Gasteiger partial charge in [-0.2, -0.15) is 0 Å². The maximum Gasteiger partial charge on any atom is 0.325 e. The Labute approximate surface area is 286 Å². The number of rotatable bonds is 10. The van der Waals surface area contributed by atoms with E-state index in [4.69, 9.17) is 14.2 Å². The van der Waals surface area contributed by atoms with Crippen molar-refractivity contribution in [1.29, 1.82) is 0 Å². The normalized spacial score (nSPS) is 23.6. The Bertz CT molecular complexity index is 1600. The van der Waals surface area contributed by atoms with Gasteiger partial charge in [-0.25, -0.2) is 4.79 Å². The van der Waals surface area contributed by atoms with Gasteiger partial charge in [0.2, 0.25) is 5.91 Å². The predicted molar refractivity (Wildman–Crippen MR) is 183 cm³/mol. The molecule has 3 amide bonds. The maximum atomic E-state index is 13.2. The number of likely N-dealkylation sites (tertiary alicyclic amines) is 1. The molecule has 3 heterocycles. The van der Waals surface area contributed by atoms with Crippen LogP contribution in [0.5, 0.6) is 0 Å². The minimum atomic E-state index is -0.724. The van der Waals surface area contributed by atoms with Crippen molar-refractivity contribution >= 4 is 29.3 Å². The molecule has 260 valence electrons. The number of aliphatic hydroxyl groups excluding tert-OH is 1. The number of carbonyl (C=O) groups is 3. The highest BCUT2D eigenvalue weighted by atomic mass is 16.7. The van der Waals surface area contributed by atoms with Gasteiger partial charge in [-0.15, -0.1) is 0 Å². The number of piperidine rings is 1. The minimum absolute atomic E-state index is 0.0160. The van der Waals surface area contributed by atoms with Crippen LogP contribution in [0.15, 0.2) is 78.9 Å². The number of hydrogen-bond acceptors (Lipinski definition) is 9. The highest BCUT2D eigenvalue weighted by molar-refractivity contribution is 5.93. The molecular weight excluding hydrogens is 626 g/mol. The standard InChI is InChI=1S/C37H45N5O7/c1-3-47-32(44)21-38-36(46)40-29-9-7-8-28(20-29)34-48-31(25(2)33(49-34)27-14-12-26(23-43)13-15-27)22-41-18-16-37(17-19-41)35(45)39-24-42(37)30-10-5-4-6-11-30/h4-15,20,25,31,33-34,43H,3,16-19,21-24H2,1-2H3,(H,39,45)(H2,38,40,46)/t25-,31+,33+,34+/m1/s1. The van der Waals surface area contributed by atoms with Crippen LogP contribution in [0.2, 0.25) is 0 Å². The van der Waals surface area contributed by atoms with Crippen molar-refractivity contribution in [3.05, 3.63) is 95.6 Å². The molecule has 3 aromatic rings. The Balaban J connectivity index is 1.17. The highest BCUT2D eigenvalue weighted by Gasteiger charge is 2.51. The molecule has 12 nitrogen and oxygen atoms in total. The SMILES string of the molecule is CCOC(=O)CNC(=O)Nc1cccc([C@H]2O[C@@H](CN3CCC4(CC3)C(=O)NCN4c3ccccc3)[C@@H](C)[C@@H](c3ccc(CO)cc3)O2)c1. The van der Waals surface area contributed by atoms with E-state index in [1.54, 1.807) is 19.1 Å². The lowest BCUT2D eigenvalue weighted by Gasteiger charge is -2.46. The molecule has 3 fully saturated rings. The van der Waals surface area contributed by atoms with Gasteiger partial charge in [-0.1, -0.05) is 61.5 Å². The topological polar surface area (TPSA) is 142 Å². The third-order valence-corrected chi connectivity index (χ3v) is 9.76. The maximum absolute atomic E-state index is 13.2. The van der Waals surface area contributed by atoms with E-state index < -0.39 is 23.8 Å². The van der Waals surface area contributed by atoms with Gasteiger partial charge in [0.25, 0.3) is 0 Å². The van der Waals surface area contributed by atoms with Crippen LogP contribution in [0.4, 0.5) is 16.2 Å². The first-order valence-electron chi connectivity index (χ1n) is 16.9. The van der Waals surface area contributed by atoms with Crippen LogP contribution in [-0.4, -0.2) is 79.0 Å². The fourth-order valence-corrected chi connectivity index (χ4v) is 7.02. The van der Waals surface area contributed by atoms with Gasteiger partial charge >= 0.3 is 12.0 Å². The van der Waals surface area contributed by atoms with Crippen LogP contribution in [0, 0.1) is 5.92 Å². The summed E-state index contributed by atoms with van der Waals surface area (Å²) in [6.45, 7) is 6.43. The largest absolute Gasteiger partial charge is 0.465 e. The quantitative estimate of drug-likeness (QED) is 0.235. The zero-order chi connectivity index (χ0) is 34.4. The molecule has 0 radical (unpaired) electrons. The first-order chi connectivity index (χ1) is 23.8. The molecule has 4 atom stereocenters. The van der Waals surface area contributed by atoms with Crippen LogP contribution in [0.3, 0.4) is 0 Å². The average Bonchev–Trinajstić information content (AvgIpc) is 3.44. The molecule has 6 rings (SSSR count). The molecule has 0 aromatic heterocycles. The van der Waals surface area contributed by atoms with Crippen molar-refractivity contribution in [3.63, 3.8) is 0 Å². The molecule has 0 saturated carbocycles. The molecule has 3 aliphatic rings. The van der Waals surface area contributed by atoms with Gasteiger partial charge in [0, 0.05) is 42.5 Å². The van der Waals surface area contributed by atoms with Crippen LogP contribution < -0.4 is 20.9 Å². The third kappa shape index (κ3) is 7.73. The smallest absolute Gasteiger partial charge is 0.325 e. The molecule has 1 spiro atoms. The van der Waals surface area contributed by atoms with Gasteiger partial charge in [-0.05, 0) is 55.2 Å². The van der Waals surface area contributed by atoms with E-state index in [9.17, 15) is 19.5 Å². The number of urea groups is 1. The zero-order valence-corrected chi connectivity index (χ0v) is 28.0. The summed E-state index contributed by atoms with van der Waals surface area (Å²) in [5.74, 6) is -0.448. The summed E-state index contributed by atoms with van der Waals surface area (Å²) in [6, 6.07) is 24.6. The molecule has 0 bridgehead atoms. The van der Waals surface area contributed by atoms with E-state index in [0.717, 1.165) is 35.5 Å². The second kappa shape index (κ2) is 15.4. The molecule has 3 aliphatic heterocycles. The Morgan fingerprint density at radius 1 is 1.00 bits per heavy atom. The number of amides is 3. The van der Waals surface area contributed by atoms with Crippen molar-refractivity contribution in [1.82, 2.24) is 15.5 Å². The Morgan fingerprint density at radius 3 is 2.47 bits per heavy atom. The average molecular weight is 672 g/mol. The van der Waals surface area contributed by atoms with Crippen LogP contribution in [-0.2, 0) is 30.4 Å². The summed E-state index contributed by atoms with van der Waals surface area (Å²) in [6.07, 6.45) is 0.173. The van der Waals surface area contributed by atoms with E-state index in [1.165, 1.54) is 0 Å². The summed E-state index contributed by atoms with van der Waals surface area (Å²) in [5, 5.41) is 18.0. The van der Waals surface area contributed by atoms with E-state index in [-0.39, 0.29) is 43.8 Å². The zero-order valence-electron chi connectivity index (χ0n) is 28.0. The summed E-state index contributed by atoms with van der Waals surface area (Å²) >= 11 is 0. The number of carbonyl (C=O) groups excluding carboxylic acids is 3. The monoisotopic (exact) mass is 671 g/mol. The Hall–Kier alpha value is -4.49. The molecule has 49 heavy (non-hydrogen) atoms. The van der Waals surface area contributed by atoms with Gasteiger partial charge in [0.15, 0.2) is 6.29 Å². The summed E-state index contributed by atoms with van der Waals surface area (Å²) in [4.78, 5) is 42.0. The molecule has 0 aliphatic carbocycles. The third-order valence-electron chi connectivity index (χ3n) is 9.76. The number of esters is 1. The lowest BCUT2D eigenvalue weighted by atomic mass is 9.84. The van der Waals surface area contributed by atoms with Gasteiger partial charge < -0.3 is 45.1 Å². The molecular formula is C37H45N5O7. The van der Waals surface area contributed by atoms with Crippen molar-refractivity contribution < 1.29 is 33.7 Å². The second-order valence-corrected chi connectivity index (χ2v) is 12.8. The molecule has 12 heteroatoms. The first-order valence-corrected chi connectivity index (χ1v) is 16.9. The number of nitrogens with zero attached hydrogens (tertiary/aromatic N) is 2. The number of hydrogen-bond donors (Lipinski definition) is 4. The number of para-hydroxylation sites is 1. The van der Waals surface area contributed by atoms with Crippen LogP contribution in [0.1, 0.15) is 55.8 Å². The van der Waals surface area contributed by atoms with Gasteiger partial charge in [0.05, 0.1) is 32.1 Å². The lowest BCUT2D eigenvalue weighted by Crippen LogP contribution is -2.57. The number of nitrogens with one attached hydrogen (secondary N) is 3. The van der Waals surface area contributed by atoms with E-state index >= 15 is 0 Å². The summed E-state index contributed by atoms with van der Waals surface area (Å²) in [5.41, 5.74) is 3.52. The number of ether oxygens (including phenoxy) is 3. The molecule has 3 saturated heterocycles. The second-order valence-electron chi connectivity index (χ2n) is 12.8. The summed E-state index contributed by atoms with van der Waals surface area (Å²) < 4.78 is 18.2. The number of aliphatic hydroxyl groups is 1.